The third-order valence-corrected chi connectivity index (χ3v) is 6.76. The molecule has 0 aliphatic heterocycles. The Morgan fingerprint density at radius 1 is 0.864 bits per heavy atom. The number of methoxy groups -OCH3 is 3. The molecule has 2 aromatic rings. The number of primary amides is 1. The maximum absolute atomic E-state index is 13.1. The van der Waals surface area contributed by atoms with E-state index < -0.39 is 39.7 Å². The van der Waals surface area contributed by atoms with Gasteiger partial charge in [0.15, 0.2) is 11.5 Å². The van der Waals surface area contributed by atoms with Crippen LogP contribution < -0.4 is 24.7 Å². The van der Waals surface area contributed by atoms with Gasteiger partial charge < -0.3 is 34.2 Å². The van der Waals surface area contributed by atoms with Crippen LogP contribution >= 0.6 is 11.6 Å². The molecule has 244 valence electrons. The zero-order chi connectivity index (χ0) is 33.2. The summed E-state index contributed by atoms with van der Waals surface area (Å²) in [6.45, 7) is 4.86. The first-order valence-corrected chi connectivity index (χ1v) is 15.5. The van der Waals surface area contributed by atoms with Crippen molar-refractivity contribution >= 4 is 39.6 Å². The van der Waals surface area contributed by atoms with E-state index in [1.165, 1.54) is 45.6 Å². The van der Waals surface area contributed by atoms with Crippen LogP contribution in [0.1, 0.15) is 71.1 Å². The summed E-state index contributed by atoms with van der Waals surface area (Å²) in [6.07, 6.45) is 0.661. The van der Waals surface area contributed by atoms with Gasteiger partial charge in [-0.05, 0) is 57.9 Å². The minimum atomic E-state index is -3.73. The first kappa shape index (κ1) is 36.4. The molecule has 13 nitrogen and oxygen atoms in total. The zero-order valence-corrected chi connectivity index (χ0v) is 27.3. The molecular formula is C29H38ClNO12S. The van der Waals surface area contributed by atoms with Crippen LogP contribution in [0.25, 0.3) is 0 Å². The summed E-state index contributed by atoms with van der Waals surface area (Å²) in [4.78, 5) is 37.7. The molecule has 0 fully saturated rings. The van der Waals surface area contributed by atoms with Crippen LogP contribution in [0.3, 0.4) is 0 Å². The summed E-state index contributed by atoms with van der Waals surface area (Å²) >= 11 is 6.32. The van der Waals surface area contributed by atoms with Crippen molar-refractivity contribution in [2.75, 3.05) is 40.8 Å². The summed E-state index contributed by atoms with van der Waals surface area (Å²) in [7, 11) is 0.501. The molecule has 2 N–H and O–H groups in total. The highest BCUT2D eigenvalue weighted by molar-refractivity contribution is 7.85. The lowest BCUT2D eigenvalue weighted by molar-refractivity contribution is 0.00684. The fraction of sp³-hybridized carbons (Fsp3) is 0.483. The Kier molecular flexibility index (Phi) is 13.1. The molecule has 0 bridgehead atoms. The smallest absolute Gasteiger partial charge is 0.338 e. The fourth-order valence-corrected chi connectivity index (χ4v) is 4.50. The predicted octanol–water partition coefficient (Wildman–Crippen LogP) is 4.17. The molecule has 0 spiro atoms. The summed E-state index contributed by atoms with van der Waals surface area (Å²) in [5.74, 6) is -1.50. The highest BCUT2D eigenvalue weighted by atomic mass is 35.5. The molecular weight excluding hydrogens is 622 g/mol. The molecule has 44 heavy (non-hydrogen) atoms. The molecule has 0 saturated heterocycles. The average molecular weight is 660 g/mol. The van der Waals surface area contributed by atoms with Crippen molar-refractivity contribution in [1.82, 2.24) is 0 Å². The molecule has 0 radical (unpaired) electrons. The third kappa shape index (κ3) is 11.1. The average Bonchev–Trinajstić information content (AvgIpc) is 2.92. The van der Waals surface area contributed by atoms with Gasteiger partial charge in [0, 0.05) is 6.42 Å². The van der Waals surface area contributed by atoms with Gasteiger partial charge in [-0.2, -0.15) is 8.42 Å². The van der Waals surface area contributed by atoms with E-state index in [0.29, 0.717) is 0 Å². The Labute approximate surface area is 261 Å². The first-order valence-electron chi connectivity index (χ1n) is 13.3. The van der Waals surface area contributed by atoms with Crippen molar-refractivity contribution in [2.24, 2.45) is 5.73 Å². The number of carbonyl (C=O) groups excluding carboxylic acids is 3. The summed E-state index contributed by atoms with van der Waals surface area (Å²) in [5, 5.41) is -0.0864. The summed E-state index contributed by atoms with van der Waals surface area (Å²) < 4.78 is 60.5. The molecule has 0 saturated carbocycles. The fourth-order valence-electron chi connectivity index (χ4n) is 3.84. The topological polar surface area (TPSA) is 176 Å². The van der Waals surface area contributed by atoms with Crippen molar-refractivity contribution in [2.45, 2.75) is 51.7 Å². The number of hydrogen-bond acceptors (Lipinski definition) is 12. The number of nitrogens with two attached hydrogens (primary N) is 1. The Bertz CT molecular complexity index is 1430. The second-order valence-electron chi connectivity index (χ2n) is 10.4. The van der Waals surface area contributed by atoms with Gasteiger partial charge in [0.25, 0.3) is 10.1 Å². The van der Waals surface area contributed by atoms with E-state index in [1.54, 1.807) is 20.8 Å². The second kappa shape index (κ2) is 15.8. The van der Waals surface area contributed by atoms with Gasteiger partial charge >= 0.3 is 11.9 Å². The minimum Gasteiger partial charge on any atom is -0.493 e. The monoisotopic (exact) mass is 659 g/mol. The van der Waals surface area contributed by atoms with Crippen molar-refractivity contribution in [1.29, 1.82) is 0 Å². The highest BCUT2D eigenvalue weighted by Gasteiger charge is 2.24. The van der Waals surface area contributed by atoms with E-state index in [2.05, 4.69) is 0 Å². The normalized spacial score (nSPS) is 12.2. The van der Waals surface area contributed by atoms with Gasteiger partial charge in [-0.25, -0.2) is 9.59 Å². The van der Waals surface area contributed by atoms with Crippen molar-refractivity contribution < 1.29 is 55.4 Å². The lowest BCUT2D eigenvalue weighted by Crippen LogP contribution is -2.24. The van der Waals surface area contributed by atoms with E-state index in [-0.39, 0.29) is 77.2 Å². The standard InChI is InChI=1S/C29H38ClNO12S/c1-29(2,3)43-28(34)17-13-20(26(31)32)24(30)21(14-17)40-11-8-9-19(10-12-41-44(7,35)36)42-27(33)18-15-22(37-4)25(39-6)23(16-18)38-5/h13-16,19H,8-12H2,1-7H3,(H2,31,32). The van der Waals surface area contributed by atoms with Gasteiger partial charge in [0.1, 0.15) is 17.5 Å². The van der Waals surface area contributed by atoms with Crippen LogP contribution in [0.4, 0.5) is 0 Å². The molecule has 0 aromatic heterocycles. The Balaban J connectivity index is 2.21. The number of halogens is 1. The van der Waals surface area contributed by atoms with Crippen LogP contribution in [-0.2, 0) is 23.8 Å². The first-order chi connectivity index (χ1) is 20.5. The Morgan fingerprint density at radius 2 is 1.43 bits per heavy atom. The number of benzene rings is 2. The lowest BCUT2D eigenvalue weighted by Gasteiger charge is -2.21. The third-order valence-electron chi connectivity index (χ3n) is 5.78. The summed E-state index contributed by atoms with van der Waals surface area (Å²) in [6, 6.07) is 5.41. The molecule has 1 atom stereocenters. The molecule has 2 rings (SSSR count). The van der Waals surface area contributed by atoms with E-state index in [4.69, 9.17) is 49.9 Å². The number of amides is 1. The van der Waals surface area contributed by atoms with Crippen molar-refractivity contribution in [3.63, 3.8) is 0 Å². The number of ether oxygens (including phenoxy) is 6. The molecule has 0 heterocycles. The minimum absolute atomic E-state index is 0.0147. The number of carbonyl (C=O) groups is 3. The van der Waals surface area contributed by atoms with Crippen LogP contribution in [0.5, 0.6) is 23.0 Å². The molecule has 0 aliphatic carbocycles. The van der Waals surface area contributed by atoms with Gasteiger partial charge in [-0.15, -0.1) is 0 Å². The Morgan fingerprint density at radius 3 is 1.93 bits per heavy atom. The molecule has 2 aromatic carbocycles. The molecule has 0 aliphatic rings. The maximum Gasteiger partial charge on any atom is 0.338 e. The van der Waals surface area contributed by atoms with Crippen LogP contribution in [-0.4, -0.2) is 78.8 Å². The maximum atomic E-state index is 13.1. The number of hydrogen-bond donors (Lipinski definition) is 1. The number of esters is 2. The van der Waals surface area contributed by atoms with Gasteiger partial charge in [-0.3, -0.25) is 8.98 Å². The molecule has 15 heteroatoms. The van der Waals surface area contributed by atoms with Gasteiger partial charge in [-0.1, -0.05) is 11.6 Å². The van der Waals surface area contributed by atoms with Gasteiger partial charge in [0.2, 0.25) is 11.7 Å². The van der Waals surface area contributed by atoms with E-state index in [0.717, 1.165) is 6.26 Å². The van der Waals surface area contributed by atoms with Crippen LogP contribution in [0, 0.1) is 0 Å². The highest BCUT2D eigenvalue weighted by Crippen LogP contribution is 2.38. The quantitative estimate of drug-likeness (QED) is 0.155. The van der Waals surface area contributed by atoms with Gasteiger partial charge in [0.05, 0.1) is 62.5 Å². The molecule has 1 amide bonds. The Hall–Kier alpha value is -3.75. The second-order valence-corrected chi connectivity index (χ2v) is 12.5. The summed E-state index contributed by atoms with van der Waals surface area (Å²) in [5.41, 5.74) is 4.65. The van der Waals surface area contributed by atoms with E-state index >= 15 is 0 Å². The van der Waals surface area contributed by atoms with Crippen molar-refractivity contribution in [3.05, 3.63) is 46.0 Å². The van der Waals surface area contributed by atoms with Crippen molar-refractivity contribution in [3.8, 4) is 23.0 Å². The molecule has 1 unspecified atom stereocenters. The predicted molar refractivity (Wildman–Crippen MR) is 161 cm³/mol. The SMILES string of the molecule is COc1cc(C(=O)OC(CCCOc2cc(C(=O)OC(C)(C)C)cc(C(N)=O)c2Cl)CCOS(C)(=O)=O)cc(OC)c1OC. The van der Waals surface area contributed by atoms with E-state index in [9.17, 15) is 22.8 Å². The van der Waals surface area contributed by atoms with Crippen LogP contribution in [0.15, 0.2) is 24.3 Å². The zero-order valence-electron chi connectivity index (χ0n) is 25.7. The number of rotatable bonds is 16. The van der Waals surface area contributed by atoms with Crippen LogP contribution in [0.2, 0.25) is 5.02 Å². The lowest BCUT2D eigenvalue weighted by atomic mass is 10.1. The largest absolute Gasteiger partial charge is 0.493 e. The van der Waals surface area contributed by atoms with E-state index in [1.807, 2.05) is 0 Å².